The second-order valence-corrected chi connectivity index (χ2v) is 8.58. The first-order valence-electron chi connectivity index (χ1n) is 9.21. The summed E-state index contributed by atoms with van der Waals surface area (Å²) in [5.74, 6) is 0.420. The number of fused-ring (bicyclic) bond motifs is 2. The van der Waals surface area contributed by atoms with Crippen molar-refractivity contribution in [2.75, 3.05) is 6.61 Å². The zero-order valence-electron chi connectivity index (χ0n) is 16.6. The van der Waals surface area contributed by atoms with Gasteiger partial charge in [-0.15, -0.1) is 0 Å². The molecule has 0 spiro atoms. The second kappa shape index (κ2) is 6.68. The number of aliphatic hydroxyl groups is 1. The van der Waals surface area contributed by atoms with Gasteiger partial charge in [-0.05, 0) is 64.7 Å². The van der Waals surface area contributed by atoms with Crippen LogP contribution in [0.1, 0.15) is 50.8 Å². The van der Waals surface area contributed by atoms with Gasteiger partial charge in [-0.25, -0.2) is 4.79 Å². The number of benzene rings is 1. The fraction of sp³-hybridized carbons (Fsp3) is 0.524. The molecule has 0 saturated carbocycles. The number of carbonyl (C=O) groups excluding carboxylic acids is 1. The lowest BCUT2D eigenvalue weighted by Crippen LogP contribution is -2.47. The predicted octanol–water partition coefficient (Wildman–Crippen LogP) is 2.63. The van der Waals surface area contributed by atoms with Gasteiger partial charge in [-0.1, -0.05) is 0 Å². The first-order valence-corrected chi connectivity index (χ1v) is 9.21. The van der Waals surface area contributed by atoms with E-state index < -0.39 is 11.2 Å². The highest BCUT2D eigenvalue weighted by Gasteiger charge is 2.28. The lowest BCUT2D eigenvalue weighted by Gasteiger charge is -2.32. The fourth-order valence-corrected chi connectivity index (χ4v) is 3.36. The minimum absolute atomic E-state index is 0.0891. The van der Waals surface area contributed by atoms with Gasteiger partial charge in [-0.2, -0.15) is 0 Å². The summed E-state index contributed by atoms with van der Waals surface area (Å²) in [7, 11) is 0. The molecule has 6 heteroatoms. The number of aryl methyl sites for hydroxylation is 2. The molecule has 0 saturated heterocycles. The molecule has 146 valence electrons. The first kappa shape index (κ1) is 19.4. The summed E-state index contributed by atoms with van der Waals surface area (Å²) in [6.45, 7) is 9.16. The van der Waals surface area contributed by atoms with Crippen LogP contribution < -0.4 is 15.7 Å². The Morgan fingerprint density at radius 3 is 2.70 bits per heavy atom. The quantitative estimate of drug-likeness (QED) is 0.805. The minimum atomic E-state index is -0.745. The molecule has 2 N–H and O–H groups in total. The normalized spacial score (nSPS) is 15.9. The van der Waals surface area contributed by atoms with Crippen LogP contribution in [-0.4, -0.2) is 28.8 Å². The van der Waals surface area contributed by atoms with Crippen molar-refractivity contribution in [2.24, 2.45) is 0 Å². The van der Waals surface area contributed by atoms with Crippen LogP contribution in [0.2, 0.25) is 0 Å². The standard InChI is InChI=1S/C21H27NO5/c1-12-14-8-13-6-7-21(4,5)27-16(13)10-17(14)26-19(25)15(12)9-18(24)22-20(2,3)11-23/h8,10,23H,6-7,9,11H2,1-5H3,(H,22,24). The Morgan fingerprint density at radius 2 is 2.04 bits per heavy atom. The van der Waals surface area contributed by atoms with Crippen molar-refractivity contribution < 1.29 is 19.1 Å². The average Bonchev–Trinajstić information content (AvgIpc) is 2.56. The van der Waals surface area contributed by atoms with Crippen LogP contribution in [0.5, 0.6) is 5.75 Å². The summed E-state index contributed by atoms with van der Waals surface area (Å²) in [5.41, 5.74) is 1.12. The molecule has 0 aliphatic carbocycles. The second-order valence-electron chi connectivity index (χ2n) is 8.58. The van der Waals surface area contributed by atoms with Crippen molar-refractivity contribution in [3.63, 3.8) is 0 Å². The molecular weight excluding hydrogens is 346 g/mol. The van der Waals surface area contributed by atoms with Crippen molar-refractivity contribution in [2.45, 2.75) is 65.0 Å². The lowest BCUT2D eigenvalue weighted by molar-refractivity contribution is -0.122. The van der Waals surface area contributed by atoms with E-state index in [1.165, 1.54) is 0 Å². The van der Waals surface area contributed by atoms with Gasteiger partial charge in [0, 0.05) is 11.5 Å². The largest absolute Gasteiger partial charge is 0.487 e. The van der Waals surface area contributed by atoms with Crippen molar-refractivity contribution in [1.82, 2.24) is 5.32 Å². The van der Waals surface area contributed by atoms with E-state index >= 15 is 0 Å². The highest BCUT2D eigenvalue weighted by atomic mass is 16.5. The highest BCUT2D eigenvalue weighted by molar-refractivity contribution is 5.86. The van der Waals surface area contributed by atoms with Gasteiger partial charge in [0.25, 0.3) is 0 Å². The van der Waals surface area contributed by atoms with E-state index in [1.54, 1.807) is 19.9 Å². The SMILES string of the molecule is Cc1c(CC(=O)NC(C)(C)CO)c(=O)oc2cc3c(cc12)CCC(C)(C)O3. The van der Waals surface area contributed by atoms with Crippen LogP contribution in [0.15, 0.2) is 21.3 Å². The minimum Gasteiger partial charge on any atom is -0.487 e. The zero-order chi connectivity index (χ0) is 20.0. The monoisotopic (exact) mass is 373 g/mol. The van der Waals surface area contributed by atoms with Gasteiger partial charge in [0.15, 0.2) is 0 Å². The third-order valence-corrected chi connectivity index (χ3v) is 5.06. The summed E-state index contributed by atoms with van der Waals surface area (Å²) < 4.78 is 11.5. The third kappa shape index (κ3) is 4.00. The van der Waals surface area contributed by atoms with Crippen LogP contribution in [0.3, 0.4) is 0 Å². The summed E-state index contributed by atoms with van der Waals surface area (Å²) in [4.78, 5) is 24.8. The van der Waals surface area contributed by atoms with Crippen molar-refractivity contribution in [3.05, 3.63) is 39.2 Å². The Balaban J connectivity index is 1.99. The van der Waals surface area contributed by atoms with E-state index in [-0.39, 0.29) is 24.5 Å². The number of aliphatic hydroxyl groups excluding tert-OH is 1. The molecule has 1 aromatic carbocycles. The Hall–Kier alpha value is -2.34. The van der Waals surface area contributed by atoms with Crippen LogP contribution in [0, 0.1) is 6.92 Å². The molecule has 0 atom stereocenters. The smallest absolute Gasteiger partial charge is 0.340 e. The maximum atomic E-state index is 12.5. The molecule has 1 amide bonds. The maximum Gasteiger partial charge on any atom is 0.340 e. The van der Waals surface area contributed by atoms with Gasteiger partial charge in [0.1, 0.15) is 16.9 Å². The number of carbonyl (C=O) groups is 1. The number of hydrogen-bond donors (Lipinski definition) is 2. The molecule has 0 unspecified atom stereocenters. The average molecular weight is 373 g/mol. The molecule has 2 heterocycles. The van der Waals surface area contributed by atoms with Gasteiger partial charge < -0.3 is 19.6 Å². The Bertz CT molecular complexity index is 955. The predicted molar refractivity (Wildman–Crippen MR) is 103 cm³/mol. The molecule has 0 fully saturated rings. The Labute approximate surface area is 158 Å². The number of amides is 1. The fourth-order valence-electron chi connectivity index (χ4n) is 3.36. The van der Waals surface area contributed by atoms with E-state index in [0.717, 1.165) is 35.1 Å². The van der Waals surface area contributed by atoms with Gasteiger partial charge in [0.2, 0.25) is 5.91 Å². The molecule has 3 rings (SSSR count). The third-order valence-electron chi connectivity index (χ3n) is 5.06. The van der Waals surface area contributed by atoms with E-state index in [1.807, 2.05) is 26.8 Å². The number of nitrogens with one attached hydrogen (secondary N) is 1. The topological polar surface area (TPSA) is 88.8 Å². The summed E-state index contributed by atoms with van der Waals surface area (Å²) >= 11 is 0. The molecule has 6 nitrogen and oxygen atoms in total. The molecule has 2 aromatic rings. The van der Waals surface area contributed by atoms with E-state index in [9.17, 15) is 14.7 Å². The highest BCUT2D eigenvalue weighted by Crippen LogP contribution is 2.36. The Kier molecular flexibility index (Phi) is 4.80. The van der Waals surface area contributed by atoms with Gasteiger partial charge in [-0.3, -0.25) is 4.79 Å². The molecule has 0 bridgehead atoms. The molecule has 1 aliphatic rings. The molecule has 0 radical (unpaired) electrons. The first-order chi connectivity index (χ1) is 12.5. The van der Waals surface area contributed by atoms with Crippen LogP contribution in [0.25, 0.3) is 11.0 Å². The number of ether oxygens (including phenoxy) is 1. The van der Waals surface area contributed by atoms with Gasteiger partial charge in [0.05, 0.1) is 24.1 Å². The zero-order valence-corrected chi connectivity index (χ0v) is 16.6. The Morgan fingerprint density at radius 1 is 1.33 bits per heavy atom. The van der Waals surface area contributed by atoms with Crippen LogP contribution in [-0.2, 0) is 17.6 Å². The van der Waals surface area contributed by atoms with Crippen LogP contribution >= 0.6 is 0 Å². The summed E-state index contributed by atoms with van der Waals surface area (Å²) in [6.07, 6.45) is 1.71. The molecule has 1 aromatic heterocycles. The number of hydrogen-bond acceptors (Lipinski definition) is 5. The van der Waals surface area contributed by atoms with Crippen molar-refractivity contribution >= 4 is 16.9 Å². The van der Waals surface area contributed by atoms with E-state index in [4.69, 9.17) is 9.15 Å². The summed E-state index contributed by atoms with van der Waals surface area (Å²) in [5, 5.41) is 12.8. The van der Waals surface area contributed by atoms with E-state index in [2.05, 4.69) is 5.32 Å². The van der Waals surface area contributed by atoms with Crippen molar-refractivity contribution in [3.8, 4) is 5.75 Å². The lowest BCUT2D eigenvalue weighted by atomic mass is 9.92. The molecule has 27 heavy (non-hydrogen) atoms. The van der Waals surface area contributed by atoms with E-state index in [0.29, 0.717) is 11.1 Å². The van der Waals surface area contributed by atoms with Crippen molar-refractivity contribution in [1.29, 1.82) is 0 Å². The van der Waals surface area contributed by atoms with Crippen LogP contribution in [0.4, 0.5) is 0 Å². The summed E-state index contributed by atoms with van der Waals surface area (Å²) in [6, 6.07) is 3.77. The maximum absolute atomic E-state index is 12.5. The number of rotatable bonds is 4. The molecule has 1 aliphatic heterocycles. The molecular formula is C21H27NO5. The van der Waals surface area contributed by atoms with Gasteiger partial charge >= 0.3 is 5.63 Å².